The van der Waals surface area contributed by atoms with Gasteiger partial charge in [-0.25, -0.2) is 4.98 Å². The maximum atomic E-state index is 10.4. The van der Waals surface area contributed by atoms with Crippen molar-refractivity contribution in [2.24, 2.45) is 5.92 Å². The Bertz CT molecular complexity index is 1040. The number of aliphatic hydroxyl groups excluding tert-OH is 1. The summed E-state index contributed by atoms with van der Waals surface area (Å²) in [7, 11) is -2.37. The van der Waals surface area contributed by atoms with Gasteiger partial charge in [-0.05, 0) is 31.0 Å². The first-order valence-electron chi connectivity index (χ1n) is 13.8. The highest BCUT2D eigenvalue weighted by molar-refractivity contribution is 6.76. The quantitative estimate of drug-likeness (QED) is 0.129. The zero-order valence-corrected chi connectivity index (χ0v) is 27.5. The summed E-state index contributed by atoms with van der Waals surface area (Å²) in [6.45, 7) is 16.5. The normalized spacial score (nSPS) is 18.9. The van der Waals surface area contributed by atoms with Crippen LogP contribution in [0.5, 0.6) is 5.75 Å². The van der Waals surface area contributed by atoms with Gasteiger partial charge in [-0.2, -0.15) is 0 Å². The number of imidazole rings is 1. The third kappa shape index (κ3) is 9.76. The molecule has 0 amide bonds. The van der Waals surface area contributed by atoms with Crippen molar-refractivity contribution in [2.45, 2.75) is 96.5 Å². The van der Waals surface area contributed by atoms with Gasteiger partial charge in [0.15, 0.2) is 5.75 Å². The Morgan fingerprint density at radius 3 is 2.29 bits per heavy atom. The van der Waals surface area contributed by atoms with Crippen molar-refractivity contribution in [1.82, 2.24) is 9.55 Å². The van der Waals surface area contributed by atoms with Crippen LogP contribution >= 0.6 is 23.2 Å². The Hall–Kier alpha value is -0.656. The van der Waals surface area contributed by atoms with Crippen molar-refractivity contribution in [3.05, 3.63) is 21.9 Å². The smallest absolute Gasteiger partial charge is 0.167 e. The number of aliphatic hydroxyl groups is 1. The highest BCUT2D eigenvalue weighted by Gasteiger charge is 2.26. The van der Waals surface area contributed by atoms with Crippen LogP contribution in [0.25, 0.3) is 11.0 Å². The third-order valence-electron chi connectivity index (χ3n) is 6.90. The molecule has 1 fully saturated rings. The largest absolute Gasteiger partial charge is 0.489 e. The Kier molecular flexibility index (Phi) is 12.0. The summed E-state index contributed by atoms with van der Waals surface area (Å²) < 4.78 is 25.9. The number of halogens is 2. The molecule has 1 aliphatic rings. The molecule has 11 heteroatoms. The molecule has 1 aromatic heterocycles. The van der Waals surface area contributed by atoms with Crippen molar-refractivity contribution in [1.29, 1.82) is 0 Å². The van der Waals surface area contributed by atoms with Gasteiger partial charge in [0.05, 0.1) is 23.3 Å². The molecular weight excluding hydrogens is 559 g/mol. The number of fused-ring (bicyclic) bond motifs is 1. The Morgan fingerprint density at radius 2 is 1.63 bits per heavy atom. The van der Waals surface area contributed by atoms with Crippen LogP contribution in [-0.2, 0) is 27.5 Å². The molecule has 0 bridgehead atoms. The van der Waals surface area contributed by atoms with Gasteiger partial charge in [0.25, 0.3) is 0 Å². The van der Waals surface area contributed by atoms with Gasteiger partial charge < -0.3 is 28.6 Å². The number of aromatic nitrogens is 2. The van der Waals surface area contributed by atoms with Crippen LogP contribution in [0, 0.1) is 5.92 Å². The second-order valence-corrected chi connectivity index (χ2v) is 24.8. The summed E-state index contributed by atoms with van der Waals surface area (Å²) in [6.07, 6.45) is 3.51. The average Bonchev–Trinajstić information content (AvgIpc) is 3.15. The summed E-state index contributed by atoms with van der Waals surface area (Å²) in [5, 5.41) is 11.1. The summed E-state index contributed by atoms with van der Waals surface area (Å²) >= 11 is 13.2. The number of ether oxygens (including phenoxy) is 4. The molecule has 0 aliphatic heterocycles. The maximum absolute atomic E-state index is 10.4. The van der Waals surface area contributed by atoms with E-state index in [9.17, 15) is 5.11 Å². The van der Waals surface area contributed by atoms with Gasteiger partial charge in [0.1, 0.15) is 36.5 Å². The van der Waals surface area contributed by atoms with Gasteiger partial charge >= 0.3 is 0 Å². The first kappa shape index (κ1) is 31.9. The molecular formula is C27H46Cl2N2O5Si2. The standard InChI is InChI=1S/C27H46Cl2N2O5Si2/c1-37(2,3)13-11-33-18-31-22-15-21(28)25(29)27(36-16-20-9-7-8-10-23(20)32)26(22)30-24(31)17-35-19-34-12-14-38(4,5)6/h15,20,23,32H,7-14,16-19H2,1-6H3/t20-,23+/m1/s1. The Morgan fingerprint density at radius 1 is 0.974 bits per heavy atom. The summed E-state index contributed by atoms with van der Waals surface area (Å²) in [5.74, 6) is 1.21. The fourth-order valence-corrected chi connectivity index (χ4v) is 6.25. The van der Waals surface area contributed by atoms with Crippen molar-refractivity contribution in [3.8, 4) is 5.75 Å². The van der Waals surface area contributed by atoms with Crippen LogP contribution in [0.4, 0.5) is 0 Å². The van der Waals surface area contributed by atoms with Gasteiger partial charge in [-0.15, -0.1) is 0 Å². The zero-order chi connectivity index (χ0) is 27.9. The van der Waals surface area contributed by atoms with E-state index in [1.165, 1.54) is 0 Å². The Labute approximate surface area is 240 Å². The topological polar surface area (TPSA) is 75.0 Å². The average molecular weight is 606 g/mol. The second-order valence-electron chi connectivity index (χ2n) is 12.8. The molecule has 7 nitrogen and oxygen atoms in total. The van der Waals surface area contributed by atoms with E-state index in [2.05, 4.69) is 39.3 Å². The lowest BCUT2D eigenvalue weighted by molar-refractivity contribution is -0.0609. The molecule has 1 aliphatic carbocycles. The molecule has 0 saturated heterocycles. The molecule has 1 heterocycles. The van der Waals surface area contributed by atoms with E-state index in [1.54, 1.807) is 0 Å². The van der Waals surface area contributed by atoms with Crippen LogP contribution < -0.4 is 4.74 Å². The van der Waals surface area contributed by atoms with Gasteiger partial charge in [0.2, 0.25) is 0 Å². The summed E-state index contributed by atoms with van der Waals surface area (Å²) in [6, 6.07) is 3.97. The van der Waals surface area contributed by atoms with Gasteiger partial charge in [-0.1, -0.05) is 75.3 Å². The minimum Gasteiger partial charge on any atom is -0.489 e. The van der Waals surface area contributed by atoms with E-state index in [1.807, 2.05) is 10.6 Å². The van der Waals surface area contributed by atoms with E-state index in [0.29, 0.717) is 53.7 Å². The van der Waals surface area contributed by atoms with Gasteiger partial charge in [0, 0.05) is 35.3 Å². The van der Waals surface area contributed by atoms with Crippen molar-refractivity contribution >= 4 is 50.4 Å². The molecule has 3 rings (SSSR count). The monoisotopic (exact) mass is 604 g/mol. The van der Waals surface area contributed by atoms with E-state index >= 15 is 0 Å². The molecule has 38 heavy (non-hydrogen) atoms. The first-order valence-corrected chi connectivity index (χ1v) is 21.9. The molecule has 2 atom stereocenters. The highest BCUT2D eigenvalue weighted by Crippen LogP contribution is 2.40. The molecule has 2 aromatic rings. The number of rotatable bonds is 15. The van der Waals surface area contributed by atoms with Crippen LogP contribution in [0.2, 0.25) is 61.4 Å². The fourth-order valence-electron chi connectivity index (χ4n) is 4.34. The number of hydrogen-bond donors (Lipinski definition) is 1. The second kappa shape index (κ2) is 14.3. The lowest BCUT2D eigenvalue weighted by Crippen LogP contribution is -2.29. The zero-order valence-electron chi connectivity index (χ0n) is 23.9. The molecule has 1 saturated carbocycles. The highest BCUT2D eigenvalue weighted by atomic mass is 35.5. The molecule has 0 unspecified atom stereocenters. The summed E-state index contributed by atoms with van der Waals surface area (Å²) in [4.78, 5) is 4.87. The van der Waals surface area contributed by atoms with E-state index in [-0.39, 0.29) is 25.4 Å². The Balaban J connectivity index is 1.79. The number of hydrogen-bond acceptors (Lipinski definition) is 6. The first-order chi connectivity index (χ1) is 17.9. The minimum absolute atomic E-state index is 0.0666. The number of benzene rings is 1. The fraction of sp³-hybridized carbons (Fsp3) is 0.741. The lowest BCUT2D eigenvalue weighted by Gasteiger charge is -2.27. The van der Waals surface area contributed by atoms with Gasteiger partial charge in [-0.3, -0.25) is 0 Å². The van der Waals surface area contributed by atoms with E-state index in [4.69, 9.17) is 47.1 Å². The summed E-state index contributed by atoms with van der Waals surface area (Å²) in [5.41, 5.74) is 1.40. The maximum Gasteiger partial charge on any atom is 0.167 e. The van der Waals surface area contributed by atoms with Crippen LogP contribution in [-0.4, -0.2) is 63.5 Å². The molecule has 0 spiro atoms. The molecule has 1 aromatic carbocycles. The van der Waals surface area contributed by atoms with Crippen molar-refractivity contribution < 1.29 is 24.1 Å². The van der Waals surface area contributed by atoms with Crippen LogP contribution in [0.1, 0.15) is 31.5 Å². The predicted molar refractivity (Wildman–Crippen MR) is 161 cm³/mol. The molecule has 216 valence electrons. The molecule has 1 N–H and O–H groups in total. The lowest BCUT2D eigenvalue weighted by atomic mass is 9.87. The molecule has 0 radical (unpaired) electrons. The number of nitrogens with zero attached hydrogens (tertiary/aromatic N) is 2. The van der Waals surface area contributed by atoms with Crippen LogP contribution in [0.15, 0.2) is 6.07 Å². The van der Waals surface area contributed by atoms with E-state index in [0.717, 1.165) is 43.3 Å². The van der Waals surface area contributed by atoms with Crippen LogP contribution in [0.3, 0.4) is 0 Å². The van der Waals surface area contributed by atoms with Crippen molar-refractivity contribution in [3.63, 3.8) is 0 Å². The van der Waals surface area contributed by atoms with E-state index < -0.39 is 16.1 Å². The predicted octanol–water partition coefficient (Wildman–Crippen LogP) is 7.41. The van der Waals surface area contributed by atoms with Crippen molar-refractivity contribution in [2.75, 3.05) is 26.6 Å². The SMILES string of the molecule is C[Si](C)(C)CCOCOCc1nc2c(OC[C@H]3CCCC[C@@H]3O)c(Cl)c(Cl)cc2n1COCC[Si](C)(C)C. The minimum atomic E-state index is -1.22. The third-order valence-corrected chi connectivity index (χ3v) is 11.1.